The normalized spacial score (nSPS) is 71.8. The van der Waals surface area contributed by atoms with E-state index < -0.39 is 0 Å². The van der Waals surface area contributed by atoms with Crippen molar-refractivity contribution >= 4 is 0 Å². The van der Waals surface area contributed by atoms with Crippen LogP contribution in [-0.4, -0.2) is 0 Å². The van der Waals surface area contributed by atoms with E-state index in [9.17, 15) is 0 Å². The Morgan fingerprint density at radius 1 is 0.316 bits per heavy atom. The Morgan fingerprint density at radius 3 is 0.921 bits per heavy atom. The molecule has 12 bridgehead atoms. The van der Waals surface area contributed by atoms with Crippen LogP contribution in [0.3, 0.4) is 0 Å². The van der Waals surface area contributed by atoms with Gasteiger partial charge in [0.25, 0.3) is 0 Å². The van der Waals surface area contributed by atoms with Crippen molar-refractivity contribution in [1.82, 2.24) is 0 Å². The topological polar surface area (TPSA) is 0 Å². The molecule has 21 atom stereocenters. The lowest BCUT2D eigenvalue weighted by Crippen LogP contribution is -2.53. The van der Waals surface area contributed by atoms with E-state index in [4.69, 9.17) is 0 Å². The standard InChI is InChI=1S/C38H54/c1-38(29-14-23-11-26(29)35-20-5-2-17(8-20)32(23)35,30-15-24-12-27(30)36-21-6-3-18(9-21)33(24)36)31-16-25-13-28(31)37-22-7-4-19(10-22)34(25)37/h17-37H,2-16H2,1H3. The van der Waals surface area contributed by atoms with E-state index in [2.05, 4.69) is 6.92 Å². The van der Waals surface area contributed by atoms with Crippen molar-refractivity contribution in [3.8, 4) is 0 Å². The fourth-order valence-electron chi connectivity index (χ4n) is 19.7. The smallest absolute Gasteiger partial charge is 0.0232 e. The first-order valence-corrected chi connectivity index (χ1v) is 18.7. The third-order valence-corrected chi connectivity index (χ3v) is 19.6. The highest BCUT2D eigenvalue weighted by atomic mass is 14.8. The van der Waals surface area contributed by atoms with Crippen LogP contribution in [0.5, 0.6) is 0 Å². The zero-order chi connectivity index (χ0) is 24.2. The van der Waals surface area contributed by atoms with Gasteiger partial charge >= 0.3 is 0 Å². The van der Waals surface area contributed by atoms with Crippen LogP contribution >= 0.6 is 0 Å². The van der Waals surface area contributed by atoms with Crippen LogP contribution in [0.25, 0.3) is 0 Å². The van der Waals surface area contributed by atoms with E-state index in [-0.39, 0.29) is 0 Å². The maximum absolute atomic E-state index is 3.09. The maximum atomic E-state index is 3.09. The molecule has 0 heteroatoms. The van der Waals surface area contributed by atoms with Crippen molar-refractivity contribution in [2.24, 2.45) is 130 Å². The van der Waals surface area contributed by atoms with Crippen LogP contribution in [0, 0.1) is 130 Å². The lowest BCUT2D eigenvalue weighted by molar-refractivity contribution is -0.108. The minimum absolute atomic E-state index is 0.727. The number of fused-ring (bicyclic) bond motifs is 27. The minimum Gasteiger partial charge on any atom is -0.0588 e. The molecule has 0 saturated heterocycles. The second kappa shape index (κ2) is 6.80. The van der Waals surface area contributed by atoms with Gasteiger partial charge in [0.15, 0.2) is 0 Å². The Morgan fingerprint density at radius 2 is 0.605 bits per heavy atom. The van der Waals surface area contributed by atoms with Gasteiger partial charge in [0.2, 0.25) is 0 Å². The highest BCUT2D eigenvalue weighted by Crippen LogP contribution is 2.80. The molecule has 12 saturated carbocycles. The van der Waals surface area contributed by atoms with Crippen molar-refractivity contribution in [3.05, 3.63) is 0 Å². The molecule has 0 amide bonds. The molecule has 12 rings (SSSR count). The Kier molecular flexibility index (Phi) is 3.87. The van der Waals surface area contributed by atoms with E-state index in [1.54, 1.807) is 96.3 Å². The molecular formula is C38H54. The SMILES string of the molecule is CC(C1CC2CC1C1C3CCC(C3)C21)(C1CC2CC1C1C3CCC(C3)C21)C1CC2CC1C1C3CCC(C3)C21. The van der Waals surface area contributed by atoms with Gasteiger partial charge in [0, 0.05) is 0 Å². The van der Waals surface area contributed by atoms with E-state index in [0.717, 1.165) is 23.2 Å². The first-order valence-electron chi connectivity index (χ1n) is 18.7. The highest BCUT2D eigenvalue weighted by Gasteiger charge is 2.73. The molecule has 12 aliphatic rings. The molecule has 38 heavy (non-hydrogen) atoms. The molecule has 206 valence electrons. The van der Waals surface area contributed by atoms with Crippen LogP contribution in [0.2, 0.25) is 0 Å². The summed E-state index contributed by atoms with van der Waals surface area (Å²) >= 11 is 0. The Balaban J connectivity index is 0.958. The van der Waals surface area contributed by atoms with Crippen LogP contribution in [0.1, 0.15) is 103 Å². The first kappa shape index (κ1) is 21.7. The van der Waals surface area contributed by atoms with Crippen LogP contribution in [0.15, 0.2) is 0 Å². The summed E-state index contributed by atoms with van der Waals surface area (Å²) in [5, 5.41) is 0. The van der Waals surface area contributed by atoms with Gasteiger partial charge in [-0.05, 0) is 226 Å². The largest absolute Gasteiger partial charge is 0.0588 e. The average Bonchev–Trinajstić information content (AvgIpc) is 3.80. The molecule has 0 aromatic heterocycles. The summed E-state index contributed by atoms with van der Waals surface area (Å²) in [5.41, 5.74) is 0.727. The van der Waals surface area contributed by atoms with Crippen LogP contribution in [-0.2, 0) is 0 Å². The van der Waals surface area contributed by atoms with E-state index >= 15 is 0 Å². The molecule has 0 aromatic rings. The summed E-state index contributed by atoms with van der Waals surface area (Å²) in [7, 11) is 0. The third-order valence-electron chi connectivity index (χ3n) is 19.6. The number of rotatable bonds is 3. The fourth-order valence-corrected chi connectivity index (χ4v) is 19.7. The Labute approximate surface area is 232 Å². The molecule has 0 heterocycles. The van der Waals surface area contributed by atoms with Gasteiger partial charge in [-0.25, -0.2) is 0 Å². The van der Waals surface area contributed by atoms with Gasteiger partial charge in [-0.3, -0.25) is 0 Å². The monoisotopic (exact) mass is 510 g/mol. The molecule has 12 fully saturated rings. The molecule has 0 spiro atoms. The molecule has 0 radical (unpaired) electrons. The van der Waals surface area contributed by atoms with Gasteiger partial charge < -0.3 is 0 Å². The van der Waals surface area contributed by atoms with Gasteiger partial charge in [-0.2, -0.15) is 0 Å². The van der Waals surface area contributed by atoms with Crippen molar-refractivity contribution in [1.29, 1.82) is 0 Å². The second-order valence-corrected chi connectivity index (χ2v) is 19.3. The molecule has 0 N–H and O–H groups in total. The van der Waals surface area contributed by atoms with Crippen LogP contribution < -0.4 is 0 Å². The zero-order valence-corrected chi connectivity index (χ0v) is 24.2. The third kappa shape index (κ3) is 2.22. The number of hydrogen-bond donors (Lipinski definition) is 0. The second-order valence-electron chi connectivity index (χ2n) is 19.3. The van der Waals surface area contributed by atoms with Gasteiger partial charge in [-0.15, -0.1) is 0 Å². The lowest BCUT2D eigenvalue weighted by Gasteiger charge is -2.58. The summed E-state index contributed by atoms with van der Waals surface area (Å²) in [6.07, 6.45) is 25.1. The summed E-state index contributed by atoms with van der Waals surface area (Å²) in [4.78, 5) is 0. The molecule has 0 nitrogen and oxygen atoms in total. The maximum Gasteiger partial charge on any atom is -0.0232 e. The molecule has 21 unspecified atom stereocenters. The van der Waals surface area contributed by atoms with E-state index in [1.165, 1.54) is 107 Å². The first-order chi connectivity index (χ1) is 18.7. The Bertz CT molecular complexity index is 941. The summed E-state index contributed by atoms with van der Waals surface area (Å²) in [5.74, 6) is 24.8. The van der Waals surface area contributed by atoms with Crippen molar-refractivity contribution in [3.63, 3.8) is 0 Å². The average molecular weight is 511 g/mol. The molecule has 0 aromatic carbocycles. The molecular weight excluding hydrogens is 456 g/mol. The summed E-state index contributed by atoms with van der Waals surface area (Å²) in [6, 6.07) is 0. The highest BCUT2D eigenvalue weighted by molar-refractivity contribution is 5.22. The van der Waals surface area contributed by atoms with Crippen molar-refractivity contribution in [2.75, 3.05) is 0 Å². The number of hydrogen-bond acceptors (Lipinski definition) is 0. The molecule has 12 aliphatic carbocycles. The van der Waals surface area contributed by atoms with Gasteiger partial charge in [0.1, 0.15) is 0 Å². The van der Waals surface area contributed by atoms with Crippen molar-refractivity contribution < 1.29 is 0 Å². The predicted molar refractivity (Wildman–Crippen MR) is 151 cm³/mol. The fraction of sp³-hybridized carbons (Fsp3) is 1.00. The minimum atomic E-state index is 0.727. The lowest BCUT2D eigenvalue weighted by atomic mass is 9.46. The van der Waals surface area contributed by atoms with E-state index in [1.807, 2.05) is 0 Å². The molecule has 0 aliphatic heterocycles. The van der Waals surface area contributed by atoms with Crippen LogP contribution in [0.4, 0.5) is 0 Å². The summed E-state index contributed by atoms with van der Waals surface area (Å²) < 4.78 is 0. The Hall–Kier alpha value is 0. The van der Waals surface area contributed by atoms with Gasteiger partial charge in [0.05, 0.1) is 0 Å². The predicted octanol–water partition coefficient (Wildman–Crippen LogP) is 8.95. The van der Waals surface area contributed by atoms with E-state index in [0.29, 0.717) is 0 Å². The quantitative estimate of drug-likeness (QED) is 0.332. The zero-order valence-electron chi connectivity index (χ0n) is 24.2. The van der Waals surface area contributed by atoms with Crippen molar-refractivity contribution in [2.45, 2.75) is 103 Å². The van der Waals surface area contributed by atoms with Gasteiger partial charge in [-0.1, -0.05) is 6.92 Å². The summed E-state index contributed by atoms with van der Waals surface area (Å²) in [6.45, 7) is 3.09.